The Morgan fingerprint density at radius 3 is 2.68 bits per heavy atom. The third-order valence-electron chi connectivity index (χ3n) is 3.72. The average Bonchev–Trinajstić information content (AvgIpc) is 2.46. The van der Waals surface area contributed by atoms with Crippen LogP contribution in [-0.4, -0.2) is 18.3 Å². The Hall–Kier alpha value is -1.02. The summed E-state index contributed by atoms with van der Waals surface area (Å²) in [5.74, 6) is 1.87. The summed E-state index contributed by atoms with van der Waals surface area (Å²) in [4.78, 5) is 12.4. The van der Waals surface area contributed by atoms with E-state index in [9.17, 15) is 4.79 Å². The number of carbonyl (C=O) groups is 1. The first kappa shape index (κ1) is 14.4. The number of Topliss-reactive ketones (excluding diaryl/α,β-unsaturated/α-hetero) is 1. The lowest BCUT2D eigenvalue weighted by Gasteiger charge is -2.21. The standard InChI is InChI=1S/C16H21ClO2/c17-10-11-19-16-9-5-4-8-14(16)15(18)12-13-6-2-1-3-7-13/h4-5,8-9,13H,1-3,6-7,10-12H2. The van der Waals surface area contributed by atoms with Crippen LogP contribution in [0.1, 0.15) is 48.9 Å². The second kappa shape index (κ2) is 7.54. The number of ketones is 1. The molecule has 1 aliphatic rings. The highest BCUT2D eigenvalue weighted by Gasteiger charge is 2.20. The van der Waals surface area contributed by atoms with E-state index in [2.05, 4.69) is 0 Å². The van der Waals surface area contributed by atoms with Crippen molar-refractivity contribution in [3.8, 4) is 5.75 Å². The molecule has 2 rings (SSSR count). The van der Waals surface area contributed by atoms with Gasteiger partial charge in [-0.15, -0.1) is 11.6 Å². The minimum absolute atomic E-state index is 0.206. The number of alkyl halides is 1. The molecular weight excluding hydrogens is 260 g/mol. The number of halogens is 1. The summed E-state index contributed by atoms with van der Waals surface area (Å²) >= 11 is 5.63. The molecule has 0 atom stereocenters. The Morgan fingerprint density at radius 1 is 1.21 bits per heavy atom. The van der Waals surface area contributed by atoms with Gasteiger partial charge in [0.05, 0.1) is 11.4 Å². The Bertz CT molecular complexity index is 411. The van der Waals surface area contributed by atoms with Crippen molar-refractivity contribution in [1.29, 1.82) is 0 Å². The zero-order valence-electron chi connectivity index (χ0n) is 11.2. The maximum absolute atomic E-state index is 12.4. The molecule has 19 heavy (non-hydrogen) atoms. The van der Waals surface area contributed by atoms with Crippen molar-refractivity contribution in [2.45, 2.75) is 38.5 Å². The highest BCUT2D eigenvalue weighted by molar-refractivity contribution is 6.18. The smallest absolute Gasteiger partial charge is 0.166 e. The maximum Gasteiger partial charge on any atom is 0.166 e. The van der Waals surface area contributed by atoms with Crippen molar-refractivity contribution in [3.63, 3.8) is 0 Å². The number of para-hydroxylation sites is 1. The summed E-state index contributed by atoms with van der Waals surface area (Å²) in [6.07, 6.45) is 6.89. The molecule has 1 fully saturated rings. The Kier molecular flexibility index (Phi) is 5.71. The van der Waals surface area contributed by atoms with Gasteiger partial charge in [0.15, 0.2) is 5.78 Å². The Balaban J connectivity index is 2.00. The molecule has 0 aromatic heterocycles. The molecule has 0 N–H and O–H groups in total. The van der Waals surface area contributed by atoms with E-state index < -0.39 is 0 Å². The molecule has 0 saturated heterocycles. The van der Waals surface area contributed by atoms with E-state index in [1.54, 1.807) is 0 Å². The van der Waals surface area contributed by atoms with Gasteiger partial charge < -0.3 is 4.74 Å². The first-order chi connectivity index (χ1) is 9.31. The molecule has 0 unspecified atom stereocenters. The molecule has 3 heteroatoms. The van der Waals surface area contributed by atoms with E-state index in [0.29, 0.717) is 36.1 Å². The van der Waals surface area contributed by atoms with E-state index >= 15 is 0 Å². The molecule has 2 nitrogen and oxygen atoms in total. The van der Waals surface area contributed by atoms with E-state index in [0.717, 1.165) is 0 Å². The summed E-state index contributed by atoms with van der Waals surface area (Å²) in [5, 5.41) is 0. The van der Waals surface area contributed by atoms with Gasteiger partial charge in [0.1, 0.15) is 12.4 Å². The van der Waals surface area contributed by atoms with Crippen molar-refractivity contribution in [1.82, 2.24) is 0 Å². The van der Waals surface area contributed by atoms with E-state index in [1.165, 1.54) is 32.1 Å². The number of rotatable bonds is 6. The monoisotopic (exact) mass is 280 g/mol. The van der Waals surface area contributed by atoms with Gasteiger partial charge in [-0.3, -0.25) is 4.79 Å². The van der Waals surface area contributed by atoms with E-state index in [4.69, 9.17) is 16.3 Å². The van der Waals surface area contributed by atoms with Crippen molar-refractivity contribution in [2.75, 3.05) is 12.5 Å². The second-order valence-electron chi connectivity index (χ2n) is 5.16. The summed E-state index contributed by atoms with van der Waals surface area (Å²) in [6.45, 7) is 0.440. The third kappa shape index (κ3) is 4.24. The normalized spacial score (nSPS) is 16.3. The number of hydrogen-bond acceptors (Lipinski definition) is 2. The first-order valence-corrected chi connectivity index (χ1v) is 7.65. The van der Waals surface area contributed by atoms with Crippen LogP contribution in [0, 0.1) is 5.92 Å². The molecule has 1 saturated carbocycles. The highest BCUT2D eigenvalue weighted by atomic mass is 35.5. The van der Waals surface area contributed by atoms with Gasteiger partial charge in [0.2, 0.25) is 0 Å². The molecule has 0 radical (unpaired) electrons. The quantitative estimate of drug-likeness (QED) is 0.568. The van der Waals surface area contributed by atoms with Crippen molar-refractivity contribution >= 4 is 17.4 Å². The largest absolute Gasteiger partial charge is 0.492 e. The zero-order valence-corrected chi connectivity index (χ0v) is 12.0. The average molecular weight is 281 g/mol. The van der Waals surface area contributed by atoms with Gasteiger partial charge in [-0.2, -0.15) is 0 Å². The Morgan fingerprint density at radius 2 is 1.95 bits per heavy atom. The van der Waals surface area contributed by atoms with E-state index in [1.807, 2.05) is 24.3 Å². The topological polar surface area (TPSA) is 26.3 Å². The number of hydrogen-bond donors (Lipinski definition) is 0. The van der Waals surface area contributed by atoms with Crippen molar-refractivity contribution in [2.24, 2.45) is 5.92 Å². The van der Waals surface area contributed by atoms with Crippen LogP contribution in [0.4, 0.5) is 0 Å². The summed E-state index contributed by atoms with van der Waals surface area (Å²) in [7, 11) is 0. The van der Waals surface area contributed by atoms with Gasteiger partial charge in [-0.1, -0.05) is 44.2 Å². The fraction of sp³-hybridized carbons (Fsp3) is 0.562. The molecule has 1 aromatic carbocycles. The maximum atomic E-state index is 12.4. The van der Waals surface area contributed by atoms with Crippen molar-refractivity contribution in [3.05, 3.63) is 29.8 Å². The summed E-state index contributed by atoms with van der Waals surface area (Å²) in [5.41, 5.74) is 0.707. The summed E-state index contributed by atoms with van der Waals surface area (Å²) < 4.78 is 5.54. The van der Waals surface area contributed by atoms with Crippen LogP contribution in [0.3, 0.4) is 0 Å². The molecule has 0 amide bonds. The molecule has 1 aliphatic carbocycles. The molecule has 0 aliphatic heterocycles. The Labute approximate surface area is 120 Å². The van der Waals surface area contributed by atoms with Crippen LogP contribution < -0.4 is 4.74 Å². The minimum Gasteiger partial charge on any atom is -0.492 e. The van der Waals surface area contributed by atoms with Gasteiger partial charge in [0, 0.05) is 6.42 Å². The first-order valence-electron chi connectivity index (χ1n) is 7.12. The molecule has 1 aromatic rings. The molecule has 0 bridgehead atoms. The van der Waals surface area contributed by atoms with Crippen LogP contribution in [0.2, 0.25) is 0 Å². The van der Waals surface area contributed by atoms with Crippen LogP contribution in [-0.2, 0) is 0 Å². The fourth-order valence-corrected chi connectivity index (χ4v) is 2.81. The molecular formula is C16H21ClO2. The lowest BCUT2D eigenvalue weighted by Crippen LogP contribution is -2.13. The van der Waals surface area contributed by atoms with Crippen molar-refractivity contribution < 1.29 is 9.53 Å². The molecule has 0 heterocycles. The highest BCUT2D eigenvalue weighted by Crippen LogP contribution is 2.29. The van der Waals surface area contributed by atoms with Gasteiger partial charge in [-0.05, 0) is 18.1 Å². The van der Waals surface area contributed by atoms with Crippen LogP contribution in [0.25, 0.3) is 0 Å². The lowest BCUT2D eigenvalue weighted by molar-refractivity contribution is 0.0946. The van der Waals surface area contributed by atoms with Gasteiger partial charge in [0.25, 0.3) is 0 Å². The fourth-order valence-electron chi connectivity index (χ4n) is 2.73. The number of carbonyl (C=O) groups excluding carboxylic acids is 1. The van der Waals surface area contributed by atoms with Crippen LogP contribution in [0.15, 0.2) is 24.3 Å². The predicted octanol–water partition coefficient (Wildman–Crippen LogP) is 4.46. The third-order valence-corrected chi connectivity index (χ3v) is 3.88. The predicted molar refractivity (Wildman–Crippen MR) is 78.2 cm³/mol. The second-order valence-corrected chi connectivity index (χ2v) is 5.54. The van der Waals surface area contributed by atoms with E-state index in [-0.39, 0.29) is 5.78 Å². The zero-order chi connectivity index (χ0) is 13.5. The SMILES string of the molecule is O=C(CC1CCCCC1)c1ccccc1OCCCl. The number of benzene rings is 1. The van der Waals surface area contributed by atoms with Crippen LogP contribution in [0.5, 0.6) is 5.75 Å². The number of ether oxygens (including phenoxy) is 1. The van der Waals surface area contributed by atoms with Crippen LogP contribution >= 0.6 is 11.6 Å². The summed E-state index contributed by atoms with van der Waals surface area (Å²) in [6, 6.07) is 7.48. The molecule has 0 spiro atoms. The lowest BCUT2D eigenvalue weighted by atomic mass is 9.84. The molecule has 104 valence electrons. The minimum atomic E-state index is 0.206. The van der Waals surface area contributed by atoms with Gasteiger partial charge in [-0.25, -0.2) is 0 Å². The van der Waals surface area contributed by atoms with Gasteiger partial charge >= 0.3 is 0 Å².